The number of ketones is 1. The number of amides is 1. The van der Waals surface area contributed by atoms with Crippen molar-refractivity contribution in [1.29, 1.82) is 0 Å². The van der Waals surface area contributed by atoms with E-state index in [-0.39, 0.29) is 47.4 Å². The molecule has 3 rings (SSSR count). The summed E-state index contributed by atoms with van der Waals surface area (Å²) < 4.78 is 0. The van der Waals surface area contributed by atoms with E-state index in [9.17, 15) is 19.8 Å². The van der Waals surface area contributed by atoms with E-state index in [1.54, 1.807) is 13.0 Å². The molecule has 1 saturated carbocycles. The number of nitrogens with one attached hydrogen (secondary N) is 1. The molecule has 0 unspecified atom stereocenters. The van der Waals surface area contributed by atoms with Crippen molar-refractivity contribution >= 4 is 11.7 Å². The van der Waals surface area contributed by atoms with Crippen molar-refractivity contribution in [3.63, 3.8) is 0 Å². The smallest absolute Gasteiger partial charge is 0.263 e. The van der Waals surface area contributed by atoms with Gasteiger partial charge in [0.05, 0.1) is 5.70 Å². The molecule has 0 bridgehead atoms. The second-order valence-electron chi connectivity index (χ2n) is 8.06. The molecule has 0 aromatic heterocycles. The minimum absolute atomic E-state index is 0.0711. The second-order valence-corrected chi connectivity index (χ2v) is 8.06. The lowest BCUT2D eigenvalue weighted by molar-refractivity contribution is -0.134. The van der Waals surface area contributed by atoms with Gasteiger partial charge in [-0.15, -0.1) is 0 Å². The van der Waals surface area contributed by atoms with Crippen LogP contribution in [-0.4, -0.2) is 28.5 Å². The third-order valence-corrected chi connectivity index (χ3v) is 6.67. The number of fused-ring (bicyclic) bond motifs is 1. The summed E-state index contributed by atoms with van der Waals surface area (Å²) in [5.41, 5.74) is -0.643. The predicted octanol–water partition coefficient (Wildman–Crippen LogP) is 3.19. The van der Waals surface area contributed by atoms with Crippen LogP contribution < -0.4 is 5.32 Å². The zero-order valence-corrected chi connectivity index (χ0v) is 16.2. The van der Waals surface area contributed by atoms with Crippen LogP contribution in [0.25, 0.3) is 0 Å². The molecule has 1 aliphatic heterocycles. The van der Waals surface area contributed by atoms with Gasteiger partial charge in [-0.1, -0.05) is 37.3 Å². The fourth-order valence-corrected chi connectivity index (χ4v) is 5.10. The zero-order valence-electron chi connectivity index (χ0n) is 16.2. The van der Waals surface area contributed by atoms with Gasteiger partial charge in [0.2, 0.25) is 0 Å². The predicted molar refractivity (Wildman–Crippen MR) is 104 cm³/mol. The number of hydrogen-bond donors (Lipinski definition) is 3. The Hall–Kier alpha value is -2.14. The first-order valence-corrected chi connectivity index (χ1v) is 9.76. The average Bonchev–Trinajstić information content (AvgIpc) is 2.96. The summed E-state index contributed by atoms with van der Waals surface area (Å²) in [4.78, 5) is 26.1. The summed E-state index contributed by atoms with van der Waals surface area (Å²) in [6, 6.07) is 0. The van der Waals surface area contributed by atoms with Crippen LogP contribution in [0.15, 0.2) is 47.4 Å². The third kappa shape index (κ3) is 3.08. The van der Waals surface area contributed by atoms with Gasteiger partial charge < -0.3 is 15.5 Å². The Bertz CT molecular complexity index is 760. The normalized spacial score (nSPS) is 37.8. The Labute approximate surface area is 160 Å². The zero-order chi connectivity index (χ0) is 19.8. The molecule has 0 aromatic carbocycles. The lowest BCUT2D eigenvalue weighted by Crippen LogP contribution is -2.50. The van der Waals surface area contributed by atoms with Gasteiger partial charge in [-0.05, 0) is 50.9 Å². The number of aliphatic hydroxyl groups is 2. The van der Waals surface area contributed by atoms with E-state index in [0.717, 1.165) is 19.3 Å². The van der Waals surface area contributed by atoms with Gasteiger partial charge in [0.25, 0.3) is 5.91 Å². The number of hydrogen-bond acceptors (Lipinski definition) is 4. The summed E-state index contributed by atoms with van der Waals surface area (Å²) >= 11 is 0. The summed E-state index contributed by atoms with van der Waals surface area (Å²) in [6.07, 6.45) is 12.3. The summed E-state index contributed by atoms with van der Waals surface area (Å²) in [5.74, 6) is -0.680. The van der Waals surface area contributed by atoms with Gasteiger partial charge in [0, 0.05) is 17.9 Å². The Kier molecular flexibility index (Phi) is 5.43. The highest BCUT2D eigenvalue weighted by molar-refractivity contribution is 6.24. The van der Waals surface area contributed by atoms with Crippen LogP contribution in [0.1, 0.15) is 40.0 Å². The Morgan fingerprint density at radius 3 is 2.67 bits per heavy atom. The van der Waals surface area contributed by atoms with Crippen molar-refractivity contribution in [2.75, 3.05) is 6.61 Å². The van der Waals surface area contributed by atoms with Crippen molar-refractivity contribution in [3.8, 4) is 0 Å². The molecule has 5 nitrogen and oxygen atoms in total. The largest absolute Gasteiger partial charge is 0.505 e. The molecule has 1 heterocycles. The molecule has 27 heavy (non-hydrogen) atoms. The van der Waals surface area contributed by atoms with Crippen molar-refractivity contribution in [2.24, 2.45) is 29.1 Å². The lowest BCUT2D eigenvalue weighted by atomic mass is 9.53. The number of aliphatic hydroxyl groups excluding tert-OH is 2. The van der Waals surface area contributed by atoms with E-state index >= 15 is 0 Å². The van der Waals surface area contributed by atoms with E-state index in [0.29, 0.717) is 5.70 Å². The van der Waals surface area contributed by atoms with Gasteiger partial charge in [0.15, 0.2) is 11.5 Å². The number of Topliss-reactive ketones (excluding diaryl/α,β-unsaturated/α-hetero) is 1. The highest BCUT2D eigenvalue weighted by Crippen LogP contribution is 2.54. The van der Waals surface area contributed by atoms with Gasteiger partial charge >= 0.3 is 0 Å². The lowest BCUT2D eigenvalue weighted by Gasteiger charge is -2.49. The van der Waals surface area contributed by atoms with Gasteiger partial charge in [-0.2, -0.15) is 0 Å². The van der Waals surface area contributed by atoms with Crippen molar-refractivity contribution < 1.29 is 19.8 Å². The first kappa shape index (κ1) is 19.6. The number of allylic oxidation sites excluding steroid dienone is 5. The SMILES string of the molecule is CC=C[C@@H]1C=C[C@@H]2C[C@H](CO)CC[C@H]2[C@]1(C)C(=O)C1=C(O)C(=CC)NC1=O. The molecule has 0 spiro atoms. The highest BCUT2D eigenvalue weighted by Gasteiger charge is 2.54. The van der Waals surface area contributed by atoms with Crippen LogP contribution in [0.3, 0.4) is 0 Å². The topological polar surface area (TPSA) is 86.6 Å². The summed E-state index contributed by atoms with van der Waals surface area (Å²) in [5, 5.41) is 22.6. The van der Waals surface area contributed by atoms with E-state index in [4.69, 9.17) is 0 Å². The third-order valence-electron chi connectivity index (χ3n) is 6.67. The van der Waals surface area contributed by atoms with Crippen LogP contribution >= 0.6 is 0 Å². The van der Waals surface area contributed by atoms with Crippen LogP contribution in [0.4, 0.5) is 0 Å². The molecule has 5 atom stereocenters. The van der Waals surface area contributed by atoms with Crippen molar-refractivity contribution in [3.05, 3.63) is 47.4 Å². The molecule has 1 fully saturated rings. The minimum Gasteiger partial charge on any atom is -0.505 e. The first-order chi connectivity index (χ1) is 12.9. The van der Waals surface area contributed by atoms with Crippen molar-refractivity contribution in [1.82, 2.24) is 5.32 Å². The maximum atomic E-state index is 13.7. The van der Waals surface area contributed by atoms with Crippen LogP contribution in [0.5, 0.6) is 0 Å². The maximum Gasteiger partial charge on any atom is 0.263 e. The van der Waals surface area contributed by atoms with Gasteiger partial charge in [-0.3, -0.25) is 9.59 Å². The summed E-state index contributed by atoms with van der Waals surface area (Å²) in [6.45, 7) is 5.73. The fourth-order valence-electron chi connectivity index (χ4n) is 5.10. The standard InChI is InChI=1S/C22H29NO4/c1-4-6-15-9-8-14-11-13(12-24)7-10-16(14)22(15,3)20(26)18-19(25)17(5-2)23-21(18)27/h4-6,8-9,13-16,24-25H,7,10-12H2,1-3H3,(H,23,27)/t13-,14-,15-,16-,22-/m1/s1. The van der Waals surface area contributed by atoms with Crippen LogP contribution in [-0.2, 0) is 9.59 Å². The molecule has 2 aliphatic carbocycles. The minimum atomic E-state index is -0.809. The Morgan fingerprint density at radius 1 is 1.33 bits per heavy atom. The molecule has 0 aromatic rings. The first-order valence-electron chi connectivity index (χ1n) is 9.76. The second kappa shape index (κ2) is 7.47. The monoisotopic (exact) mass is 371 g/mol. The Balaban J connectivity index is 2.06. The molecule has 0 saturated heterocycles. The number of carbonyl (C=O) groups excluding carboxylic acids is 2. The van der Waals surface area contributed by atoms with Crippen molar-refractivity contribution in [2.45, 2.75) is 40.0 Å². The van der Waals surface area contributed by atoms with Crippen LogP contribution in [0.2, 0.25) is 0 Å². The van der Waals surface area contributed by atoms with E-state index < -0.39 is 11.3 Å². The molecule has 3 aliphatic rings. The molecule has 0 radical (unpaired) electrons. The quantitative estimate of drug-likeness (QED) is 0.523. The van der Waals surface area contributed by atoms with Gasteiger partial charge in [-0.25, -0.2) is 0 Å². The molecular weight excluding hydrogens is 342 g/mol. The molecule has 5 heteroatoms. The van der Waals surface area contributed by atoms with E-state index in [1.807, 2.05) is 26.0 Å². The summed E-state index contributed by atoms with van der Waals surface area (Å²) in [7, 11) is 0. The molecular formula is C22H29NO4. The average molecular weight is 371 g/mol. The van der Waals surface area contributed by atoms with Crippen LogP contribution in [0, 0.1) is 29.1 Å². The maximum absolute atomic E-state index is 13.7. The molecule has 146 valence electrons. The number of carbonyl (C=O) groups is 2. The molecule has 3 N–H and O–H groups in total. The number of rotatable bonds is 4. The molecule has 1 amide bonds. The van der Waals surface area contributed by atoms with E-state index in [1.165, 1.54) is 0 Å². The highest BCUT2D eigenvalue weighted by atomic mass is 16.3. The van der Waals surface area contributed by atoms with Gasteiger partial charge in [0.1, 0.15) is 5.57 Å². The Morgan fingerprint density at radius 2 is 2.07 bits per heavy atom. The van der Waals surface area contributed by atoms with E-state index in [2.05, 4.69) is 17.5 Å². The fraction of sp³-hybridized carbons (Fsp3) is 0.545.